The van der Waals surface area contributed by atoms with Crippen molar-refractivity contribution in [3.63, 3.8) is 0 Å². The highest BCUT2D eigenvalue weighted by atomic mass is 16.5. The van der Waals surface area contributed by atoms with Crippen LogP contribution in [0.15, 0.2) is 60.5 Å². The molecule has 0 amide bonds. The number of allylic oxidation sites excluding steroid dienone is 3. The van der Waals surface area contributed by atoms with Crippen molar-refractivity contribution in [1.29, 1.82) is 5.41 Å². The zero-order valence-electron chi connectivity index (χ0n) is 17.2. The van der Waals surface area contributed by atoms with Crippen molar-refractivity contribution in [2.24, 2.45) is 0 Å². The maximum absolute atomic E-state index is 11.0. The maximum atomic E-state index is 11.0. The Labute approximate surface area is 167 Å². The molecule has 6 heteroatoms. The molecule has 0 saturated heterocycles. The Morgan fingerprint density at radius 1 is 1.18 bits per heavy atom. The summed E-state index contributed by atoms with van der Waals surface area (Å²) in [5.41, 5.74) is 3.07. The van der Waals surface area contributed by atoms with E-state index in [-0.39, 0.29) is 11.8 Å². The second kappa shape index (κ2) is 8.31. The maximum Gasteiger partial charge on any atom is 0.186 e. The van der Waals surface area contributed by atoms with Crippen LogP contribution in [0.1, 0.15) is 37.8 Å². The number of hydrogen-bond donors (Lipinski definition) is 4. The summed E-state index contributed by atoms with van der Waals surface area (Å²) in [5, 5.41) is 38.9. The number of amidine groups is 1. The molecule has 1 aliphatic heterocycles. The monoisotopic (exact) mass is 385 g/mol. The second-order valence-electron chi connectivity index (χ2n) is 7.75. The van der Waals surface area contributed by atoms with Gasteiger partial charge in [-0.3, -0.25) is 5.41 Å². The van der Waals surface area contributed by atoms with Gasteiger partial charge in [0, 0.05) is 37.5 Å². The quantitative estimate of drug-likeness (QED) is 0.343. The summed E-state index contributed by atoms with van der Waals surface area (Å²) in [7, 11) is 3.47. The van der Waals surface area contributed by atoms with Crippen molar-refractivity contribution in [2.75, 3.05) is 14.1 Å². The van der Waals surface area contributed by atoms with E-state index < -0.39 is 17.9 Å². The highest BCUT2D eigenvalue weighted by Gasteiger charge is 2.35. The minimum atomic E-state index is -1.90. The van der Waals surface area contributed by atoms with Crippen molar-refractivity contribution in [3.8, 4) is 0 Å². The molecule has 2 rings (SSSR count). The summed E-state index contributed by atoms with van der Waals surface area (Å²) in [4.78, 5) is 3.51. The van der Waals surface area contributed by atoms with Crippen LogP contribution in [0.4, 0.5) is 0 Å². The van der Waals surface area contributed by atoms with E-state index in [1.807, 2.05) is 49.2 Å². The number of nitrogens with zero attached hydrogens (tertiary/aromatic N) is 2. The lowest BCUT2D eigenvalue weighted by molar-refractivity contribution is -0.152. The van der Waals surface area contributed by atoms with Gasteiger partial charge in [-0.05, 0) is 31.1 Å². The summed E-state index contributed by atoms with van der Waals surface area (Å²) in [5.74, 6) is -1.96. The Hall–Kier alpha value is -2.41. The molecule has 3 atom stereocenters. The summed E-state index contributed by atoms with van der Waals surface area (Å²) < 4.78 is 0. The molecule has 1 aromatic rings. The van der Waals surface area contributed by atoms with Gasteiger partial charge < -0.3 is 25.1 Å². The van der Waals surface area contributed by atoms with Crippen LogP contribution in [-0.4, -0.2) is 57.2 Å². The molecule has 1 heterocycles. The fourth-order valence-corrected chi connectivity index (χ4v) is 3.33. The average molecular weight is 386 g/mol. The molecule has 0 aromatic heterocycles. The van der Waals surface area contributed by atoms with Gasteiger partial charge in [0.2, 0.25) is 0 Å². The summed E-state index contributed by atoms with van der Waals surface area (Å²) in [6.07, 6.45) is 4.75. The first-order valence-corrected chi connectivity index (χ1v) is 9.26. The second-order valence-corrected chi connectivity index (χ2v) is 7.75. The molecule has 0 saturated carbocycles. The Balaban J connectivity index is 2.44. The molecule has 1 aliphatic rings. The van der Waals surface area contributed by atoms with Crippen LogP contribution < -0.4 is 0 Å². The van der Waals surface area contributed by atoms with Gasteiger partial charge in [-0.2, -0.15) is 0 Å². The van der Waals surface area contributed by atoms with Gasteiger partial charge in [-0.1, -0.05) is 43.8 Å². The Morgan fingerprint density at radius 3 is 2.25 bits per heavy atom. The molecule has 0 bridgehead atoms. The molecular weight excluding hydrogens is 354 g/mol. The number of nitrogens with one attached hydrogen (secondary N) is 1. The van der Waals surface area contributed by atoms with Gasteiger partial charge >= 0.3 is 0 Å². The predicted molar refractivity (Wildman–Crippen MR) is 112 cm³/mol. The standard InChI is InChI=1S/C22H31N3O3/c1-14-7-8-15(2)25(13-14)19(20(26)21(23)24(5)6)16(3)17-9-11-18(12-10-17)22(4,27)28/h7-13,16,19-20,23,26-28H,2H2,1,3-6H3. The fourth-order valence-electron chi connectivity index (χ4n) is 3.33. The number of benzene rings is 1. The van der Waals surface area contributed by atoms with Crippen LogP contribution >= 0.6 is 0 Å². The molecule has 0 radical (unpaired) electrons. The fraction of sp³-hybridized carbons (Fsp3) is 0.409. The third-order valence-corrected chi connectivity index (χ3v) is 5.12. The van der Waals surface area contributed by atoms with Crippen molar-refractivity contribution in [2.45, 2.75) is 44.6 Å². The first-order valence-electron chi connectivity index (χ1n) is 9.26. The normalized spacial score (nSPS) is 17.8. The smallest absolute Gasteiger partial charge is 0.186 e. The molecule has 1 aromatic carbocycles. The van der Waals surface area contributed by atoms with Gasteiger partial charge in [0.25, 0.3) is 0 Å². The first-order chi connectivity index (χ1) is 12.9. The van der Waals surface area contributed by atoms with E-state index in [0.717, 1.165) is 16.8 Å². The highest BCUT2D eigenvalue weighted by molar-refractivity contribution is 5.84. The zero-order chi connectivity index (χ0) is 21.2. The van der Waals surface area contributed by atoms with Gasteiger partial charge in [0.05, 0.1) is 6.04 Å². The van der Waals surface area contributed by atoms with Crippen molar-refractivity contribution in [1.82, 2.24) is 9.80 Å². The minimum Gasteiger partial charge on any atom is -0.383 e. The minimum absolute atomic E-state index is 0.111. The van der Waals surface area contributed by atoms with E-state index in [1.54, 1.807) is 31.1 Å². The third-order valence-electron chi connectivity index (χ3n) is 5.12. The molecule has 0 fully saturated rings. The Bertz CT molecular complexity index is 788. The number of rotatable bonds is 6. The average Bonchev–Trinajstić information content (AvgIpc) is 2.63. The summed E-state index contributed by atoms with van der Waals surface area (Å²) in [6.45, 7) is 9.36. The van der Waals surface area contributed by atoms with E-state index >= 15 is 0 Å². The van der Waals surface area contributed by atoms with E-state index in [0.29, 0.717) is 5.56 Å². The lowest BCUT2D eigenvalue weighted by Gasteiger charge is -2.41. The van der Waals surface area contributed by atoms with E-state index in [9.17, 15) is 15.3 Å². The van der Waals surface area contributed by atoms with Crippen LogP contribution in [0, 0.1) is 5.41 Å². The highest BCUT2D eigenvalue weighted by Crippen LogP contribution is 2.32. The van der Waals surface area contributed by atoms with Crippen molar-refractivity contribution >= 4 is 5.84 Å². The molecule has 152 valence electrons. The molecule has 0 aliphatic carbocycles. The van der Waals surface area contributed by atoms with Crippen molar-refractivity contribution in [3.05, 3.63) is 71.6 Å². The summed E-state index contributed by atoms with van der Waals surface area (Å²) >= 11 is 0. The number of aliphatic hydroxyl groups excluding tert-OH is 1. The predicted octanol–water partition coefficient (Wildman–Crippen LogP) is 2.51. The van der Waals surface area contributed by atoms with Crippen LogP contribution in [0.3, 0.4) is 0 Å². The molecule has 4 N–H and O–H groups in total. The molecule has 6 nitrogen and oxygen atoms in total. The van der Waals surface area contributed by atoms with Gasteiger partial charge in [0.15, 0.2) is 5.79 Å². The number of aliphatic hydroxyl groups is 3. The lowest BCUT2D eigenvalue weighted by atomic mass is 9.86. The van der Waals surface area contributed by atoms with E-state index in [2.05, 4.69) is 6.58 Å². The largest absolute Gasteiger partial charge is 0.383 e. The summed E-state index contributed by atoms with van der Waals surface area (Å²) in [6, 6.07) is 6.52. The Kier molecular flexibility index (Phi) is 6.49. The van der Waals surface area contributed by atoms with Gasteiger partial charge in [0.1, 0.15) is 11.9 Å². The number of hydrogen-bond acceptors (Lipinski definition) is 5. The van der Waals surface area contributed by atoms with Crippen LogP contribution in [-0.2, 0) is 5.79 Å². The van der Waals surface area contributed by atoms with Gasteiger partial charge in [-0.15, -0.1) is 0 Å². The first kappa shape index (κ1) is 21.9. The molecular formula is C22H31N3O3. The Morgan fingerprint density at radius 2 is 1.75 bits per heavy atom. The topological polar surface area (TPSA) is 91.0 Å². The van der Waals surface area contributed by atoms with Crippen LogP contribution in [0.2, 0.25) is 0 Å². The molecule has 0 spiro atoms. The molecule has 28 heavy (non-hydrogen) atoms. The zero-order valence-corrected chi connectivity index (χ0v) is 17.2. The van der Waals surface area contributed by atoms with E-state index in [4.69, 9.17) is 5.41 Å². The van der Waals surface area contributed by atoms with Crippen molar-refractivity contribution < 1.29 is 15.3 Å². The van der Waals surface area contributed by atoms with Crippen LogP contribution in [0.5, 0.6) is 0 Å². The third kappa shape index (κ3) is 4.70. The van der Waals surface area contributed by atoms with E-state index in [1.165, 1.54) is 6.92 Å². The number of likely N-dealkylation sites (N-methyl/N-ethyl adjacent to an activating group) is 1. The molecule has 3 unspecified atom stereocenters. The lowest BCUT2D eigenvalue weighted by Crippen LogP contribution is -2.50. The van der Waals surface area contributed by atoms with Gasteiger partial charge in [-0.25, -0.2) is 0 Å². The van der Waals surface area contributed by atoms with Crippen LogP contribution in [0.25, 0.3) is 0 Å². The SMILES string of the molecule is C=C1C=CC(C)=CN1C(C(O)C(=N)N(C)C)C(C)c1ccc(C(C)(O)O)cc1.